The SMILES string of the molecule is CNCC1(Cc2c(F)ccc(Br)c2F)CCC1. The number of halogens is 3. The zero-order valence-electron chi connectivity index (χ0n) is 9.82. The first kappa shape index (κ1) is 13.0. The molecule has 0 saturated heterocycles. The van der Waals surface area contributed by atoms with Gasteiger partial charge >= 0.3 is 0 Å². The second kappa shape index (κ2) is 5.02. The molecule has 0 heterocycles. The molecule has 1 fully saturated rings. The molecule has 0 aliphatic heterocycles. The number of hydrogen-bond donors (Lipinski definition) is 1. The average molecular weight is 304 g/mol. The van der Waals surface area contributed by atoms with E-state index < -0.39 is 11.6 Å². The quantitative estimate of drug-likeness (QED) is 0.837. The molecule has 1 aliphatic rings. The predicted molar refractivity (Wildman–Crippen MR) is 68.0 cm³/mol. The molecule has 0 atom stereocenters. The van der Waals surface area contributed by atoms with Gasteiger partial charge in [0.1, 0.15) is 11.6 Å². The first-order chi connectivity index (χ1) is 8.08. The lowest BCUT2D eigenvalue weighted by molar-refractivity contribution is 0.130. The van der Waals surface area contributed by atoms with E-state index in [0.717, 1.165) is 25.8 Å². The van der Waals surface area contributed by atoms with Gasteiger partial charge in [0.25, 0.3) is 0 Å². The van der Waals surface area contributed by atoms with Gasteiger partial charge in [-0.1, -0.05) is 6.42 Å². The third-order valence-electron chi connectivity index (χ3n) is 3.66. The van der Waals surface area contributed by atoms with E-state index >= 15 is 0 Å². The molecule has 1 aromatic rings. The molecular formula is C13H16BrF2N. The second-order valence-electron chi connectivity index (χ2n) is 4.88. The Morgan fingerprint density at radius 1 is 1.35 bits per heavy atom. The molecule has 0 radical (unpaired) electrons. The highest BCUT2D eigenvalue weighted by Gasteiger charge is 2.37. The largest absolute Gasteiger partial charge is 0.319 e. The third-order valence-corrected chi connectivity index (χ3v) is 4.27. The van der Waals surface area contributed by atoms with Crippen LogP contribution in [0.1, 0.15) is 24.8 Å². The normalized spacial score (nSPS) is 17.9. The molecule has 94 valence electrons. The van der Waals surface area contributed by atoms with Crippen LogP contribution in [-0.2, 0) is 6.42 Å². The molecule has 1 aliphatic carbocycles. The zero-order valence-corrected chi connectivity index (χ0v) is 11.4. The van der Waals surface area contributed by atoms with E-state index in [1.54, 1.807) is 0 Å². The van der Waals surface area contributed by atoms with Gasteiger partial charge in [0.05, 0.1) is 4.47 Å². The molecule has 0 amide bonds. The van der Waals surface area contributed by atoms with Crippen molar-refractivity contribution in [2.24, 2.45) is 5.41 Å². The first-order valence-corrected chi connectivity index (χ1v) is 6.64. The van der Waals surface area contributed by atoms with E-state index in [1.165, 1.54) is 12.1 Å². The van der Waals surface area contributed by atoms with Gasteiger partial charge < -0.3 is 5.32 Å². The summed E-state index contributed by atoms with van der Waals surface area (Å²) in [6.45, 7) is 0.818. The Balaban J connectivity index is 2.26. The van der Waals surface area contributed by atoms with Crippen molar-refractivity contribution in [1.29, 1.82) is 0 Å². The van der Waals surface area contributed by atoms with Crippen LogP contribution < -0.4 is 5.32 Å². The van der Waals surface area contributed by atoms with Crippen molar-refractivity contribution in [2.45, 2.75) is 25.7 Å². The van der Waals surface area contributed by atoms with Gasteiger partial charge in [0.15, 0.2) is 0 Å². The minimum atomic E-state index is -0.452. The standard InChI is InChI=1S/C13H16BrF2N/c1-17-8-13(5-2-6-13)7-9-11(15)4-3-10(14)12(9)16/h3-4,17H,2,5-8H2,1H3. The molecule has 1 nitrogen and oxygen atoms in total. The topological polar surface area (TPSA) is 12.0 Å². The second-order valence-corrected chi connectivity index (χ2v) is 5.74. The van der Waals surface area contributed by atoms with Crippen LogP contribution in [0.2, 0.25) is 0 Å². The third kappa shape index (κ3) is 2.52. The molecule has 17 heavy (non-hydrogen) atoms. The lowest BCUT2D eigenvalue weighted by Crippen LogP contribution is -2.41. The first-order valence-electron chi connectivity index (χ1n) is 5.85. The number of hydrogen-bond acceptors (Lipinski definition) is 1. The lowest BCUT2D eigenvalue weighted by Gasteiger charge is -2.42. The van der Waals surface area contributed by atoms with Crippen molar-refractivity contribution < 1.29 is 8.78 Å². The van der Waals surface area contributed by atoms with Crippen LogP contribution in [0.3, 0.4) is 0 Å². The molecule has 0 bridgehead atoms. The molecule has 4 heteroatoms. The summed E-state index contributed by atoms with van der Waals surface area (Å²) in [5, 5.41) is 3.13. The van der Waals surface area contributed by atoms with E-state index in [2.05, 4.69) is 21.2 Å². The maximum Gasteiger partial charge on any atom is 0.143 e. The van der Waals surface area contributed by atoms with Crippen molar-refractivity contribution in [1.82, 2.24) is 5.32 Å². The van der Waals surface area contributed by atoms with Gasteiger partial charge in [-0.25, -0.2) is 8.78 Å². The van der Waals surface area contributed by atoms with Crippen LogP contribution in [-0.4, -0.2) is 13.6 Å². The number of nitrogens with one attached hydrogen (secondary N) is 1. The molecule has 1 N–H and O–H groups in total. The highest BCUT2D eigenvalue weighted by atomic mass is 79.9. The summed E-state index contributed by atoms with van der Waals surface area (Å²) >= 11 is 3.11. The molecule has 2 rings (SSSR count). The fourth-order valence-corrected chi connectivity index (χ4v) is 2.95. The van der Waals surface area contributed by atoms with Gasteiger partial charge in [-0.05, 0) is 59.8 Å². The Morgan fingerprint density at radius 2 is 2.06 bits per heavy atom. The molecule has 1 aromatic carbocycles. The van der Waals surface area contributed by atoms with Gasteiger partial charge in [0.2, 0.25) is 0 Å². The smallest absolute Gasteiger partial charge is 0.143 e. The lowest BCUT2D eigenvalue weighted by atomic mass is 9.65. The fourth-order valence-electron chi connectivity index (χ4n) is 2.57. The maximum atomic E-state index is 13.9. The zero-order chi connectivity index (χ0) is 12.5. The van der Waals surface area contributed by atoms with E-state index in [0.29, 0.717) is 10.9 Å². The summed E-state index contributed by atoms with van der Waals surface area (Å²) in [7, 11) is 1.88. The molecule has 1 saturated carbocycles. The maximum absolute atomic E-state index is 13.9. The predicted octanol–water partition coefficient (Wildman–Crippen LogP) is 3.66. The van der Waals surface area contributed by atoms with Crippen LogP contribution in [0.5, 0.6) is 0 Å². The Labute approximate surface area is 109 Å². The summed E-state index contributed by atoms with van der Waals surface area (Å²) in [5.74, 6) is -0.888. The van der Waals surface area contributed by atoms with Crippen LogP contribution >= 0.6 is 15.9 Å². The Hall–Kier alpha value is -0.480. The van der Waals surface area contributed by atoms with Gasteiger partial charge in [0, 0.05) is 12.1 Å². The highest BCUT2D eigenvalue weighted by Crippen LogP contribution is 2.44. The molecule has 0 aromatic heterocycles. The monoisotopic (exact) mass is 303 g/mol. The molecular weight excluding hydrogens is 288 g/mol. The average Bonchev–Trinajstić information content (AvgIpc) is 2.26. The van der Waals surface area contributed by atoms with Crippen molar-refractivity contribution in [3.63, 3.8) is 0 Å². The summed E-state index contributed by atoms with van der Waals surface area (Å²) in [5.41, 5.74) is 0.256. The van der Waals surface area contributed by atoms with Crippen LogP contribution in [0.4, 0.5) is 8.78 Å². The summed E-state index contributed by atoms with van der Waals surface area (Å²) in [4.78, 5) is 0. The van der Waals surface area contributed by atoms with Crippen molar-refractivity contribution in [3.8, 4) is 0 Å². The Bertz CT molecular complexity index is 416. The summed E-state index contributed by atoms with van der Waals surface area (Å²) in [6, 6.07) is 2.74. The molecule has 0 unspecified atom stereocenters. The van der Waals surface area contributed by atoms with E-state index in [4.69, 9.17) is 0 Å². The van der Waals surface area contributed by atoms with Crippen molar-refractivity contribution in [2.75, 3.05) is 13.6 Å². The van der Waals surface area contributed by atoms with Gasteiger partial charge in [-0.2, -0.15) is 0 Å². The fraction of sp³-hybridized carbons (Fsp3) is 0.538. The van der Waals surface area contributed by atoms with E-state index in [1.807, 2.05) is 7.05 Å². The summed E-state index contributed by atoms with van der Waals surface area (Å²) in [6.07, 6.45) is 3.71. The van der Waals surface area contributed by atoms with E-state index in [9.17, 15) is 8.78 Å². The van der Waals surface area contributed by atoms with Crippen molar-refractivity contribution in [3.05, 3.63) is 33.8 Å². The Kier molecular flexibility index (Phi) is 3.83. The summed E-state index contributed by atoms with van der Waals surface area (Å²) < 4.78 is 27.9. The minimum absolute atomic E-state index is 0.0389. The van der Waals surface area contributed by atoms with Gasteiger partial charge in [-0.3, -0.25) is 0 Å². The van der Waals surface area contributed by atoms with Gasteiger partial charge in [-0.15, -0.1) is 0 Å². The molecule has 0 spiro atoms. The number of rotatable bonds is 4. The highest BCUT2D eigenvalue weighted by molar-refractivity contribution is 9.10. The van der Waals surface area contributed by atoms with Crippen LogP contribution in [0, 0.1) is 17.0 Å². The number of benzene rings is 1. The van der Waals surface area contributed by atoms with Crippen LogP contribution in [0.25, 0.3) is 0 Å². The van der Waals surface area contributed by atoms with Crippen molar-refractivity contribution >= 4 is 15.9 Å². The van der Waals surface area contributed by atoms with Crippen LogP contribution in [0.15, 0.2) is 16.6 Å². The van der Waals surface area contributed by atoms with E-state index in [-0.39, 0.29) is 11.0 Å². The minimum Gasteiger partial charge on any atom is -0.319 e. The Morgan fingerprint density at radius 3 is 2.59 bits per heavy atom.